The highest BCUT2D eigenvalue weighted by molar-refractivity contribution is 5.97. The first-order valence-electron chi connectivity index (χ1n) is 7.54. The zero-order valence-electron chi connectivity index (χ0n) is 13.0. The van der Waals surface area contributed by atoms with E-state index in [1.165, 1.54) is 0 Å². The Morgan fingerprint density at radius 1 is 1.13 bits per heavy atom. The molecule has 116 valence electrons. The Labute approximate surface area is 134 Å². The summed E-state index contributed by atoms with van der Waals surface area (Å²) in [4.78, 5) is 2.95. The minimum absolute atomic E-state index is 0.242. The van der Waals surface area contributed by atoms with Crippen molar-refractivity contribution < 1.29 is 14.5 Å². The average molecular weight is 309 g/mol. The molecule has 0 unspecified atom stereocenters. The summed E-state index contributed by atoms with van der Waals surface area (Å²) in [7, 11) is 0. The highest BCUT2D eigenvalue weighted by atomic mass is 16.8. The van der Waals surface area contributed by atoms with Crippen molar-refractivity contribution in [2.75, 3.05) is 13.2 Å². The van der Waals surface area contributed by atoms with E-state index in [9.17, 15) is 10.5 Å². The molecule has 23 heavy (non-hydrogen) atoms. The molecule has 1 spiro atoms. The lowest BCUT2D eigenvalue weighted by Crippen LogP contribution is -2.90. The first kappa shape index (κ1) is 14.2. The maximum absolute atomic E-state index is 10.1. The van der Waals surface area contributed by atoms with E-state index in [1.807, 2.05) is 38.1 Å². The lowest BCUT2D eigenvalue weighted by atomic mass is 9.84. The lowest BCUT2D eigenvalue weighted by molar-refractivity contribution is -0.677. The molecule has 1 saturated carbocycles. The van der Waals surface area contributed by atoms with Crippen LogP contribution in [-0.2, 0) is 14.9 Å². The number of amidine groups is 1. The van der Waals surface area contributed by atoms with Crippen LogP contribution in [-0.4, -0.2) is 25.0 Å². The molecular formula is C17H17N4O2+. The molecule has 3 N–H and O–H groups in total. The van der Waals surface area contributed by atoms with Crippen molar-refractivity contribution in [3.63, 3.8) is 0 Å². The van der Waals surface area contributed by atoms with Crippen molar-refractivity contribution in [3.05, 3.63) is 35.4 Å². The van der Waals surface area contributed by atoms with E-state index in [0.29, 0.717) is 13.2 Å². The molecule has 3 aliphatic rings. The predicted octanol–water partition coefficient (Wildman–Crippen LogP) is -0.562. The SMILES string of the molecule is Cc1ccc([C@@]2(C)[C@]3(C#N)C(N)=[NH+]C4(OCCO4)[C@@]32C#N)cc1. The Morgan fingerprint density at radius 3 is 2.26 bits per heavy atom. The molecule has 2 fully saturated rings. The number of hydrogen-bond acceptors (Lipinski definition) is 5. The smallest absolute Gasteiger partial charge is 0.311 e. The van der Waals surface area contributed by atoms with Gasteiger partial charge in [-0.15, -0.1) is 0 Å². The van der Waals surface area contributed by atoms with Crippen molar-refractivity contribution in [1.82, 2.24) is 0 Å². The molecule has 1 aromatic carbocycles. The fourth-order valence-electron chi connectivity index (χ4n) is 4.68. The summed E-state index contributed by atoms with van der Waals surface area (Å²) in [5.74, 6) is -1.12. The van der Waals surface area contributed by atoms with Crippen LogP contribution in [0.15, 0.2) is 24.3 Å². The molecule has 0 bridgehead atoms. The molecule has 0 amide bonds. The minimum Gasteiger partial charge on any atom is -0.311 e. The third-order valence-electron chi connectivity index (χ3n) is 5.86. The van der Waals surface area contributed by atoms with Gasteiger partial charge in [0.05, 0.1) is 30.8 Å². The summed E-state index contributed by atoms with van der Waals surface area (Å²) < 4.78 is 11.6. The highest BCUT2D eigenvalue weighted by Gasteiger charge is 3.03. The van der Waals surface area contributed by atoms with Crippen molar-refractivity contribution in [2.24, 2.45) is 16.6 Å². The summed E-state index contributed by atoms with van der Waals surface area (Å²) in [6.45, 7) is 4.60. The molecular weight excluding hydrogens is 292 g/mol. The number of ether oxygens (including phenoxy) is 2. The number of aryl methyl sites for hydroxylation is 1. The molecule has 0 aromatic heterocycles. The molecule has 6 heteroatoms. The number of nitriles is 2. The predicted molar refractivity (Wildman–Crippen MR) is 79.4 cm³/mol. The zero-order valence-corrected chi connectivity index (χ0v) is 13.0. The van der Waals surface area contributed by atoms with Crippen LogP contribution in [0, 0.1) is 40.4 Å². The Balaban J connectivity index is 2.00. The van der Waals surface area contributed by atoms with Crippen LogP contribution in [0.4, 0.5) is 0 Å². The van der Waals surface area contributed by atoms with Gasteiger partial charge < -0.3 is 9.47 Å². The Kier molecular flexibility index (Phi) is 2.42. The van der Waals surface area contributed by atoms with E-state index in [1.54, 1.807) is 0 Å². The summed E-state index contributed by atoms with van der Waals surface area (Å²) in [6, 6.07) is 12.5. The summed E-state index contributed by atoms with van der Waals surface area (Å²) in [5, 5.41) is 20.1. The summed E-state index contributed by atoms with van der Waals surface area (Å²) in [6.07, 6.45) is 0. The van der Waals surface area contributed by atoms with Gasteiger partial charge in [0.25, 0.3) is 5.84 Å². The van der Waals surface area contributed by atoms with Crippen LogP contribution < -0.4 is 10.7 Å². The average Bonchev–Trinajstić information content (AvgIpc) is 2.83. The normalized spacial score (nSPS) is 39.4. The van der Waals surface area contributed by atoms with E-state index < -0.39 is 22.2 Å². The fraction of sp³-hybridized carbons (Fsp3) is 0.471. The molecule has 1 aliphatic carbocycles. The quantitative estimate of drug-likeness (QED) is 0.723. The Hall–Kier alpha value is -2.41. The minimum atomic E-state index is -1.36. The highest BCUT2D eigenvalue weighted by Crippen LogP contribution is 2.82. The number of nitrogens with one attached hydrogen (secondary N) is 1. The van der Waals surface area contributed by atoms with Gasteiger partial charge in [0.15, 0.2) is 10.8 Å². The molecule has 1 saturated heterocycles. The van der Waals surface area contributed by atoms with E-state index in [0.717, 1.165) is 11.1 Å². The third kappa shape index (κ3) is 1.12. The molecule has 6 nitrogen and oxygen atoms in total. The van der Waals surface area contributed by atoms with E-state index in [4.69, 9.17) is 15.2 Å². The number of hydrogen-bond donors (Lipinski definition) is 2. The van der Waals surface area contributed by atoms with Crippen molar-refractivity contribution >= 4 is 5.84 Å². The van der Waals surface area contributed by atoms with E-state index in [-0.39, 0.29) is 5.84 Å². The van der Waals surface area contributed by atoms with Gasteiger partial charge in [-0.25, -0.2) is 4.99 Å². The van der Waals surface area contributed by atoms with Gasteiger partial charge in [-0.3, -0.25) is 5.73 Å². The van der Waals surface area contributed by atoms with Gasteiger partial charge in [-0.1, -0.05) is 36.8 Å². The second-order valence-corrected chi connectivity index (χ2v) is 6.57. The van der Waals surface area contributed by atoms with Gasteiger partial charge in [0.2, 0.25) is 0 Å². The maximum atomic E-state index is 10.1. The second kappa shape index (κ2) is 3.91. The number of fused-ring (bicyclic) bond motifs is 2. The molecule has 3 atom stereocenters. The first-order valence-corrected chi connectivity index (χ1v) is 7.54. The Morgan fingerprint density at radius 2 is 1.74 bits per heavy atom. The number of rotatable bonds is 1. The standard InChI is InChI=1S/C17H16N4O2/c1-11-3-5-12(6-4-11)14(2)15(9-18)13(20)21-17(16(14,15)10-19)22-7-8-23-17/h3-6H,7-8H2,1-2H3,(H2,20,21)/p+1/t14-,15-,16+/m0/s1. The number of nitrogens with zero attached hydrogens (tertiary/aromatic N) is 2. The van der Waals surface area contributed by atoms with Crippen molar-refractivity contribution in [1.29, 1.82) is 10.5 Å². The zero-order chi connectivity index (χ0) is 16.5. The van der Waals surface area contributed by atoms with Gasteiger partial charge in [-0.2, -0.15) is 10.5 Å². The maximum Gasteiger partial charge on any atom is 0.343 e. The van der Waals surface area contributed by atoms with Crippen LogP contribution in [0.1, 0.15) is 18.1 Å². The second-order valence-electron chi connectivity index (χ2n) is 6.57. The molecule has 2 heterocycles. The summed E-state index contributed by atoms with van der Waals surface area (Å²) >= 11 is 0. The van der Waals surface area contributed by atoms with E-state index >= 15 is 0 Å². The number of benzene rings is 1. The molecule has 1 aromatic rings. The van der Waals surface area contributed by atoms with Gasteiger partial charge in [0, 0.05) is 0 Å². The molecule has 2 aliphatic heterocycles. The van der Waals surface area contributed by atoms with Crippen LogP contribution in [0.5, 0.6) is 0 Å². The van der Waals surface area contributed by atoms with Crippen LogP contribution in [0.25, 0.3) is 0 Å². The third-order valence-corrected chi connectivity index (χ3v) is 5.86. The molecule has 0 radical (unpaired) electrons. The van der Waals surface area contributed by atoms with Gasteiger partial charge in [0.1, 0.15) is 0 Å². The van der Waals surface area contributed by atoms with E-state index in [2.05, 4.69) is 17.1 Å². The number of nitrogens with two attached hydrogens (primary N) is 1. The fourth-order valence-corrected chi connectivity index (χ4v) is 4.68. The van der Waals surface area contributed by atoms with Crippen LogP contribution in [0.2, 0.25) is 0 Å². The Bertz CT molecular complexity index is 812. The first-order chi connectivity index (χ1) is 11.0. The van der Waals surface area contributed by atoms with Gasteiger partial charge >= 0.3 is 5.91 Å². The van der Waals surface area contributed by atoms with Crippen LogP contribution >= 0.6 is 0 Å². The summed E-state index contributed by atoms with van der Waals surface area (Å²) in [5.41, 5.74) is 4.97. The molecule has 4 rings (SSSR count). The monoisotopic (exact) mass is 309 g/mol. The van der Waals surface area contributed by atoms with Crippen molar-refractivity contribution in [2.45, 2.75) is 25.2 Å². The topological polar surface area (TPSA) is 106 Å². The lowest BCUT2D eigenvalue weighted by Gasteiger charge is -2.27. The van der Waals surface area contributed by atoms with Crippen molar-refractivity contribution in [3.8, 4) is 12.1 Å². The van der Waals surface area contributed by atoms with Crippen LogP contribution in [0.3, 0.4) is 0 Å². The largest absolute Gasteiger partial charge is 0.343 e. The van der Waals surface area contributed by atoms with Gasteiger partial charge in [-0.05, 0) is 12.5 Å².